The Labute approximate surface area is 215 Å². The molecule has 1 aromatic heterocycles. The Hall–Kier alpha value is -3.36. The van der Waals surface area contributed by atoms with E-state index in [0.717, 1.165) is 38.0 Å². The van der Waals surface area contributed by atoms with Gasteiger partial charge in [0, 0.05) is 36.9 Å². The number of benzene rings is 2. The Morgan fingerprint density at radius 1 is 1.14 bits per heavy atom. The molecule has 194 valence electrons. The van der Waals surface area contributed by atoms with Crippen LogP contribution in [0.1, 0.15) is 65.2 Å². The largest absolute Gasteiger partial charge is 0.383 e. The summed E-state index contributed by atoms with van der Waals surface area (Å²) in [5.41, 5.74) is 11.1. The minimum atomic E-state index is -0.679. The van der Waals surface area contributed by atoms with Crippen LogP contribution in [0.25, 0.3) is 22.3 Å². The van der Waals surface area contributed by atoms with Crippen molar-refractivity contribution in [3.05, 3.63) is 70.4 Å². The second kappa shape index (κ2) is 10.6. The average molecular weight is 507 g/mol. The molecule has 1 atom stereocenters. The number of carbonyl (C=O) groups is 1. The molecule has 0 saturated carbocycles. The average Bonchev–Trinajstić information content (AvgIpc) is 2.90. The molecule has 3 aromatic rings. The maximum absolute atomic E-state index is 15.2. The number of carbonyl (C=O) groups excluding carboxylic acids is 1. The zero-order valence-corrected chi connectivity index (χ0v) is 21.2. The fourth-order valence-electron chi connectivity index (χ4n) is 5.61. The number of fused-ring (bicyclic) bond motifs is 1. The van der Waals surface area contributed by atoms with Crippen molar-refractivity contribution in [3.63, 3.8) is 0 Å². The van der Waals surface area contributed by atoms with E-state index < -0.39 is 17.7 Å². The lowest BCUT2D eigenvalue weighted by Gasteiger charge is -2.28. The summed E-state index contributed by atoms with van der Waals surface area (Å²) in [7, 11) is 1.93. The van der Waals surface area contributed by atoms with Gasteiger partial charge in [0.15, 0.2) is 0 Å². The number of halogens is 2. The molecule has 37 heavy (non-hydrogen) atoms. The number of ether oxygens (including phenoxy) is 1. The van der Waals surface area contributed by atoms with Crippen LogP contribution < -0.4 is 16.4 Å². The number of amides is 1. The Morgan fingerprint density at radius 3 is 2.65 bits per heavy atom. The van der Waals surface area contributed by atoms with Gasteiger partial charge in [-0.15, -0.1) is 0 Å². The molecule has 0 aliphatic carbocycles. The molecule has 2 aliphatic heterocycles. The Morgan fingerprint density at radius 2 is 1.92 bits per heavy atom. The van der Waals surface area contributed by atoms with Crippen LogP contribution in [-0.4, -0.2) is 37.7 Å². The van der Waals surface area contributed by atoms with Gasteiger partial charge in [0.25, 0.3) is 5.91 Å². The molecule has 1 unspecified atom stereocenters. The van der Waals surface area contributed by atoms with E-state index in [1.165, 1.54) is 11.6 Å². The van der Waals surface area contributed by atoms with Gasteiger partial charge in [0.05, 0.1) is 5.56 Å². The number of nitrogens with one attached hydrogen (secondary N) is 2. The van der Waals surface area contributed by atoms with E-state index >= 15 is 4.39 Å². The van der Waals surface area contributed by atoms with Crippen molar-refractivity contribution in [3.8, 4) is 22.3 Å². The van der Waals surface area contributed by atoms with Crippen molar-refractivity contribution >= 4 is 11.7 Å². The van der Waals surface area contributed by atoms with Crippen LogP contribution >= 0.6 is 0 Å². The third-order valence-electron chi connectivity index (χ3n) is 7.59. The molecule has 0 spiro atoms. The van der Waals surface area contributed by atoms with Crippen LogP contribution in [0.2, 0.25) is 0 Å². The fourth-order valence-corrected chi connectivity index (χ4v) is 5.61. The van der Waals surface area contributed by atoms with Crippen molar-refractivity contribution in [2.45, 2.75) is 44.6 Å². The van der Waals surface area contributed by atoms with Crippen LogP contribution in [0.15, 0.2) is 36.4 Å². The van der Waals surface area contributed by atoms with Crippen molar-refractivity contribution in [1.29, 1.82) is 0 Å². The number of pyridine rings is 1. The number of aromatic nitrogens is 1. The van der Waals surface area contributed by atoms with Crippen molar-refractivity contribution in [2.75, 3.05) is 32.5 Å². The van der Waals surface area contributed by atoms with Crippen LogP contribution in [0.4, 0.5) is 14.6 Å². The zero-order valence-electron chi connectivity index (χ0n) is 21.2. The smallest absolute Gasteiger partial charge is 0.254 e. The number of hydrogen-bond donors (Lipinski definition) is 3. The van der Waals surface area contributed by atoms with Gasteiger partial charge in [-0.25, -0.2) is 9.37 Å². The molecule has 2 aromatic carbocycles. The SMILES string of the molecule is CCC(NC)c1cc(-c2cc(-c3cc(F)c4c(c3)CCNC4=O)c(N)nc2F)ccc1C1CCOCC1. The minimum Gasteiger partial charge on any atom is -0.383 e. The van der Waals surface area contributed by atoms with E-state index in [9.17, 15) is 9.18 Å². The summed E-state index contributed by atoms with van der Waals surface area (Å²) in [4.78, 5) is 16.1. The lowest BCUT2D eigenvalue weighted by Crippen LogP contribution is -2.32. The lowest BCUT2D eigenvalue weighted by molar-refractivity contribution is 0.0850. The maximum Gasteiger partial charge on any atom is 0.254 e. The molecule has 1 saturated heterocycles. The lowest BCUT2D eigenvalue weighted by atomic mass is 9.83. The molecule has 1 fully saturated rings. The normalized spacial score (nSPS) is 16.8. The molecule has 5 rings (SSSR count). The quantitative estimate of drug-likeness (QED) is 0.404. The first-order valence-corrected chi connectivity index (χ1v) is 12.9. The van der Waals surface area contributed by atoms with E-state index in [4.69, 9.17) is 10.5 Å². The van der Waals surface area contributed by atoms with E-state index in [1.54, 1.807) is 12.1 Å². The summed E-state index contributed by atoms with van der Waals surface area (Å²) in [6, 6.07) is 10.8. The Balaban J connectivity index is 1.61. The Kier molecular flexibility index (Phi) is 7.22. The number of hydrogen-bond acceptors (Lipinski definition) is 5. The third-order valence-corrected chi connectivity index (χ3v) is 7.59. The van der Waals surface area contributed by atoms with E-state index in [-0.39, 0.29) is 17.4 Å². The van der Waals surface area contributed by atoms with Gasteiger partial charge in [0.1, 0.15) is 11.6 Å². The second-order valence-corrected chi connectivity index (χ2v) is 9.74. The van der Waals surface area contributed by atoms with Crippen LogP contribution in [0.5, 0.6) is 0 Å². The second-order valence-electron chi connectivity index (χ2n) is 9.74. The van der Waals surface area contributed by atoms with Crippen LogP contribution in [0.3, 0.4) is 0 Å². The number of nitrogens with zero attached hydrogens (tertiary/aromatic N) is 1. The summed E-state index contributed by atoms with van der Waals surface area (Å²) in [6.07, 6.45) is 3.30. The Bertz CT molecular complexity index is 1330. The van der Waals surface area contributed by atoms with E-state index in [0.29, 0.717) is 46.7 Å². The van der Waals surface area contributed by atoms with Crippen molar-refractivity contribution < 1.29 is 18.3 Å². The molecule has 0 radical (unpaired) electrons. The fraction of sp³-hybridized carbons (Fsp3) is 0.379. The van der Waals surface area contributed by atoms with Gasteiger partial charge >= 0.3 is 0 Å². The zero-order chi connectivity index (χ0) is 26.1. The number of nitrogen functional groups attached to an aromatic ring is 1. The first kappa shape index (κ1) is 25.3. The summed E-state index contributed by atoms with van der Waals surface area (Å²) < 4.78 is 35.7. The standard InChI is InChI=1S/C29H32F2N4O2/c1-3-25(33-2)23-13-17(4-5-20(23)16-7-10-37-11-8-16)21-15-22(28(32)35-27(21)31)19-12-18-6-9-34-29(36)26(18)24(30)14-19/h4-5,12-16,25,33H,3,6-11H2,1-2H3,(H2,32,35)(H,34,36). The first-order valence-electron chi connectivity index (χ1n) is 12.9. The van der Waals surface area contributed by atoms with E-state index in [2.05, 4.69) is 28.6 Å². The molecule has 3 heterocycles. The third kappa shape index (κ3) is 4.83. The topological polar surface area (TPSA) is 89.3 Å². The first-order chi connectivity index (χ1) is 17.9. The summed E-state index contributed by atoms with van der Waals surface area (Å²) in [5, 5.41) is 6.05. The summed E-state index contributed by atoms with van der Waals surface area (Å²) in [6.45, 7) is 4.03. The monoisotopic (exact) mass is 506 g/mol. The van der Waals surface area contributed by atoms with Gasteiger partial charge < -0.3 is 21.1 Å². The highest BCUT2D eigenvalue weighted by Gasteiger charge is 2.25. The minimum absolute atomic E-state index is 0.0263. The molecule has 8 heteroatoms. The number of rotatable bonds is 6. The highest BCUT2D eigenvalue weighted by molar-refractivity contribution is 5.98. The van der Waals surface area contributed by atoms with Crippen LogP contribution in [0, 0.1) is 11.8 Å². The van der Waals surface area contributed by atoms with Crippen molar-refractivity contribution in [1.82, 2.24) is 15.6 Å². The van der Waals surface area contributed by atoms with E-state index in [1.807, 2.05) is 19.2 Å². The van der Waals surface area contributed by atoms with Gasteiger partial charge in [-0.1, -0.05) is 19.1 Å². The summed E-state index contributed by atoms with van der Waals surface area (Å²) >= 11 is 0. The molecule has 0 bridgehead atoms. The molecular weight excluding hydrogens is 474 g/mol. The molecule has 4 N–H and O–H groups in total. The van der Waals surface area contributed by atoms with Crippen molar-refractivity contribution in [2.24, 2.45) is 0 Å². The van der Waals surface area contributed by atoms with Crippen LogP contribution in [-0.2, 0) is 11.2 Å². The van der Waals surface area contributed by atoms with Gasteiger partial charge in [-0.05, 0) is 90.7 Å². The van der Waals surface area contributed by atoms with Gasteiger partial charge in [-0.2, -0.15) is 4.39 Å². The maximum atomic E-state index is 15.2. The molecule has 2 aliphatic rings. The predicted octanol–water partition coefficient (Wildman–Crippen LogP) is 5.13. The number of anilines is 1. The highest BCUT2D eigenvalue weighted by atomic mass is 19.1. The number of nitrogens with two attached hydrogens (primary N) is 1. The molecule has 1 amide bonds. The van der Waals surface area contributed by atoms with Gasteiger partial charge in [-0.3, -0.25) is 4.79 Å². The summed E-state index contributed by atoms with van der Waals surface area (Å²) in [5.74, 6) is -1.37. The molecule has 6 nitrogen and oxygen atoms in total. The van der Waals surface area contributed by atoms with Gasteiger partial charge in [0.2, 0.25) is 5.95 Å². The highest BCUT2D eigenvalue weighted by Crippen LogP contribution is 2.38. The molecular formula is C29H32F2N4O2. The predicted molar refractivity (Wildman–Crippen MR) is 140 cm³/mol.